The molecule has 8 heteroatoms. The number of ether oxygens (including phenoxy) is 1. The van der Waals surface area contributed by atoms with Gasteiger partial charge in [-0.25, -0.2) is 8.42 Å². The highest BCUT2D eigenvalue weighted by molar-refractivity contribution is 7.90. The molecule has 7 nitrogen and oxygen atoms in total. The Morgan fingerprint density at radius 2 is 1.64 bits per heavy atom. The minimum absolute atomic E-state index is 0.00572. The van der Waals surface area contributed by atoms with Gasteiger partial charge in [0, 0.05) is 37.5 Å². The van der Waals surface area contributed by atoms with E-state index in [2.05, 4.69) is 15.9 Å². The van der Waals surface area contributed by atoms with Gasteiger partial charge in [0.05, 0.1) is 22.8 Å². The van der Waals surface area contributed by atoms with Crippen LogP contribution in [0.25, 0.3) is 0 Å². The number of carbonyl (C=O) groups excluding carboxylic acids is 1. The number of benzene rings is 2. The second kappa shape index (κ2) is 11.7. The number of nitrogens with zero attached hydrogens (tertiary/aromatic N) is 3. The fourth-order valence-corrected chi connectivity index (χ4v) is 7.28. The van der Waals surface area contributed by atoms with E-state index in [1.54, 1.807) is 12.1 Å². The molecule has 2 aromatic rings. The maximum Gasteiger partial charge on any atom is 0.308 e. The zero-order chi connectivity index (χ0) is 27.5. The Labute approximate surface area is 232 Å². The average Bonchev–Trinajstić information content (AvgIpc) is 3.42. The molecule has 1 aliphatic carbocycles. The number of piperidine rings is 1. The van der Waals surface area contributed by atoms with Crippen LogP contribution in [0.3, 0.4) is 0 Å². The molecule has 0 amide bonds. The molecule has 1 saturated carbocycles. The van der Waals surface area contributed by atoms with Crippen molar-refractivity contribution in [2.75, 3.05) is 43.9 Å². The van der Waals surface area contributed by atoms with E-state index in [4.69, 9.17) is 4.74 Å². The lowest BCUT2D eigenvalue weighted by atomic mass is 9.65. The predicted molar refractivity (Wildman–Crippen MR) is 151 cm³/mol. The molecule has 3 fully saturated rings. The molecule has 2 saturated heterocycles. The molecule has 0 radical (unpaired) electrons. The lowest BCUT2D eigenvalue weighted by molar-refractivity contribution is -0.150. The molecule has 208 valence electrons. The van der Waals surface area contributed by atoms with Gasteiger partial charge in [-0.3, -0.25) is 4.79 Å². The predicted octanol–water partition coefficient (Wildman–Crippen LogP) is 4.58. The van der Waals surface area contributed by atoms with E-state index >= 15 is 0 Å². The summed E-state index contributed by atoms with van der Waals surface area (Å²) in [4.78, 5) is 18.2. The first-order chi connectivity index (χ1) is 18.8. The van der Waals surface area contributed by atoms with Crippen molar-refractivity contribution in [3.63, 3.8) is 0 Å². The zero-order valence-electron chi connectivity index (χ0n) is 22.8. The topological polar surface area (TPSA) is 90.7 Å². The summed E-state index contributed by atoms with van der Waals surface area (Å²) >= 11 is 0. The number of rotatable bonds is 9. The van der Waals surface area contributed by atoms with E-state index in [9.17, 15) is 18.5 Å². The first-order valence-corrected chi connectivity index (χ1v) is 16.1. The third-order valence-electron chi connectivity index (χ3n) is 8.90. The average molecular weight is 550 g/mol. The largest absolute Gasteiger partial charge is 0.462 e. The molecule has 3 aliphatic rings. The molecule has 39 heavy (non-hydrogen) atoms. The molecule has 2 aliphatic heterocycles. The van der Waals surface area contributed by atoms with Crippen LogP contribution in [0.15, 0.2) is 59.5 Å². The molecule has 5 rings (SSSR count). The van der Waals surface area contributed by atoms with Crippen LogP contribution in [0, 0.1) is 23.2 Å². The van der Waals surface area contributed by atoms with Crippen molar-refractivity contribution < 1.29 is 17.9 Å². The highest BCUT2D eigenvalue weighted by atomic mass is 32.2. The van der Waals surface area contributed by atoms with Gasteiger partial charge in [-0.2, -0.15) is 5.26 Å². The van der Waals surface area contributed by atoms with Gasteiger partial charge in [-0.15, -0.1) is 0 Å². The summed E-state index contributed by atoms with van der Waals surface area (Å²) in [5, 5.41) is 10.5. The molecule has 1 atom stereocenters. The highest BCUT2D eigenvalue weighted by Gasteiger charge is 2.45. The standard InChI is InChI=1S/C31H39N3O4S/c1-39(36,37)29-13-11-27(12-14-29)34-21-24(22-34)20-33-17-15-26(16-18-33)31(23-32,25-7-3-2-4-8-25)19-30(35)38-28-9-5-6-10-28/h2-4,7-8,11-14,24,26,28H,5-6,9-10,15-22H2,1H3/t31-/m0/s1. The SMILES string of the molecule is CS(=O)(=O)c1ccc(N2CC(CN3CCC([C@](C#N)(CC(=O)OC4CCCC4)c4ccccc4)CC3)C2)cc1. The maximum absolute atomic E-state index is 13.0. The van der Waals surface area contributed by atoms with E-state index < -0.39 is 15.3 Å². The van der Waals surface area contributed by atoms with Gasteiger partial charge in [-0.1, -0.05) is 30.3 Å². The van der Waals surface area contributed by atoms with Gasteiger partial charge in [0.15, 0.2) is 9.84 Å². The highest BCUT2D eigenvalue weighted by Crippen LogP contribution is 2.42. The second-order valence-corrected chi connectivity index (χ2v) is 13.6. The van der Waals surface area contributed by atoms with Crippen molar-refractivity contribution in [3.8, 4) is 6.07 Å². The van der Waals surface area contributed by atoms with Crippen molar-refractivity contribution in [1.29, 1.82) is 5.26 Å². The lowest BCUT2D eigenvalue weighted by Crippen LogP contribution is -2.53. The normalized spacial score (nSPS) is 21.2. The quantitative estimate of drug-likeness (QED) is 0.423. The van der Waals surface area contributed by atoms with Gasteiger partial charge in [0.2, 0.25) is 0 Å². The van der Waals surface area contributed by atoms with E-state index in [0.717, 1.165) is 82.5 Å². The summed E-state index contributed by atoms with van der Waals surface area (Å²) in [6.45, 7) is 4.75. The van der Waals surface area contributed by atoms with Crippen LogP contribution >= 0.6 is 0 Å². The van der Waals surface area contributed by atoms with Crippen molar-refractivity contribution in [3.05, 3.63) is 60.2 Å². The monoisotopic (exact) mass is 549 g/mol. The number of carbonyl (C=O) groups is 1. The number of likely N-dealkylation sites (tertiary alicyclic amines) is 1. The molecular formula is C31H39N3O4S. The van der Waals surface area contributed by atoms with Crippen LogP contribution in [-0.4, -0.2) is 64.4 Å². The molecule has 2 aromatic carbocycles. The number of nitriles is 1. The Morgan fingerprint density at radius 3 is 2.23 bits per heavy atom. The molecular weight excluding hydrogens is 510 g/mol. The van der Waals surface area contributed by atoms with Gasteiger partial charge in [0.25, 0.3) is 0 Å². The van der Waals surface area contributed by atoms with Crippen LogP contribution in [-0.2, 0) is 24.8 Å². The van der Waals surface area contributed by atoms with Crippen LogP contribution in [0.5, 0.6) is 0 Å². The zero-order valence-corrected chi connectivity index (χ0v) is 23.6. The van der Waals surface area contributed by atoms with Gasteiger partial charge < -0.3 is 14.5 Å². The second-order valence-electron chi connectivity index (χ2n) is 11.6. The van der Waals surface area contributed by atoms with E-state index in [1.807, 2.05) is 42.5 Å². The van der Waals surface area contributed by atoms with E-state index in [1.165, 1.54) is 6.26 Å². The number of hydrogen-bond donors (Lipinski definition) is 0. The molecule has 0 unspecified atom stereocenters. The third kappa shape index (κ3) is 6.31. The molecule has 0 aromatic heterocycles. The van der Waals surface area contributed by atoms with E-state index in [-0.39, 0.29) is 24.4 Å². The van der Waals surface area contributed by atoms with Crippen LogP contribution in [0.4, 0.5) is 5.69 Å². The number of sulfone groups is 1. The van der Waals surface area contributed by atoms with Crippen molar-refractivity contribution in [1.82, 2.24) is 4.90 Å². The van der Waals surface area contributed by atoms with Crippen LogP contribution in [0.2, 0.25) is 0 Å². The minimum atomic E-state index is -3.18. The Balaban J connectivity index is 1.17. The van der Waals surface area contributed by atoms with Gasteiger partial charge in [0.1, 0.15) is 6.10 Å². The van der Waals surface area contributed by atoms with Crippen molar-refractivity contribution >= 4 is 21.5 Å². The smallest absolute Gasteiger partial charge is 0.308 e. The summed E-state index contributed by atoms with van der Waals surface area (Å²) in [6, 6.07) is 19.6. The molecule has 0 bridgehead atoms. The van der Waals surface area contributed by atoms with Gasteiger partial charge >= 0.3 is 5.97 Å². The first kappa shape index (κ1) is 27.7. The summed E-state index contributed by atoms with van der Waals surface area (Å²) in [5.74, 6) is 0.421. The number of anilines is 1. The summed E-state index contributed by atoms with van der Waals surface area (Å²) in [7, 11) is -3.18. The number of esters is 1. The summed E-state index contributed by atoms with van der Waals surface area (Å²) in [6.07, 6.45) is 7.17. The van der Waals surface area contributed by atoms with Crippen LogP contribution < -0.4 is 4.90 Å². The minimum Gasteiger partial charge on any atom is -0.462 e. The van der Waals surface area contributed by atoms with Crippen molar-refractivity contribution in [2.45, 2.75) is 61.4 Å². The summed E-state index contributed by atoms with van der Waals surface area (Å²) in [5.41, 5.74) is 1.11. The van der Waals surface area contributed by atoms with Crippen molar-refractivity contribution in [2.24, 2.45) is 11.8 Å². The Morgan fingerprint density at radius 1 is 1.00 bits per heavy atom. The fourth-order valence-electron chi connectivity index (χ4n) is 6.65. The van der Waals surface area contributed by atoms with E-state index in [0.29, 0.717) is 10.8 Å². The first-order valence-electron chi connectivity index (χ1n) is 14.2. The molecule has 0 spiro atoms. The summed E-state index contributed by atoms with van der Waals surface area (Å²) < 4.78 is 29.2. The third-order valence-corrected chi connectivity index (χ3v) is 10.0. The fraction of sp³-hybridized carbons (Fsp3) is 0.548. The van der Waals surface area contributed by atoms with Crippen LogP contribution in [0.1, 0.15) is 50.5 Å². The molecule has 2 heterocycles. The Hall–Kier alpha value is -2.89. The Bertz CT molecular complexity index is 1270. The lowest BCUT2D eigenvalue weighted by Gasteiger charge is -2.46. The molecule has 0 N–H and O–H groups in total. The van der Waals surface area contributed by atoms with Gasteiger partial charge in [-0.05, 0) is 87.4 Å². The Kier molecular flexibility index (Phi) is 8.29. The number of hydrogen-bond acceptors (Lipinski definition) is 7. The maximum atomic E-state index is 13.0.